The Labute approximate surface area is 120 Å². The Hall–Kier alpha value is -3.02. The summed E-state index contributed by atoms with van der Waals surface area (Å²) in [5.74, 6) is 1.60. The summed E-state index contributed by atoms with van der Waals surface area (Å²) in [7, 11) is 0. The summed E-state index contributed by atoms with van der Waals surface area (Å²) in [6, 6.07) is 7.59. The van der Waals surface area contributed by atoms with E-state index in [2.05, 4.69) is 9.13 Å². The fourth-order valence-electron chi connectivity index (χ4n) is 2.24. The van der Waals surface area contributed by atoms with Crippen molar-refractivity contribution >= 4 is 0 Å². The number of hydrogen-bond donors (Lipinski definition) is 0. The van der Waals surface area contributed by atoms with Crippen LogP contribution in [0.5, 0.6) is 0 Å². The lowest BCUT2D eigenvalue weighted by Gasteiger charge is -1.91. The van der Waals surface area contributed by atoms with Crippen molar-refractivity contribution in [2.75, 3.05) is 0 Å². The molecule has 0 aliphatic rings. The van der Waals surface area contributed by atoms with Crippen molar-refractivity contribution in [3.8, 4) is 11.8 Å². The van der Waals surface area contributed by atoms with E-state index in [0.29, 0.717) is 6.67 Å². The minimum absolute atomic E-state index is 0.710. The van der Waals surface area contributed by atoms with Gasteiger partial charge in [0.05, 0.1) is 12.5 Å². The predicted octanol–water partition coefficient (Wildman–Crippen LogP) is 1.53. The van der Waals surface area contributed by atoms with E-state index >= 15 is 0 Å². The average Bonchev–Trinajstić information content (AvgIpc) is 3.28. The number of rotatable bonds is 4. The summed E-state index contributed by atoms with van der Waals surface area (Å²) in [6.45, 7) is 0.710. The molecule has 0 atom stereocenters. The van der Waals surface area contributed by atoms with Crippen molar-refractivity contribution in [1.82, 2.24) is 9.13 Å². The first kappa shape index (κ1) is 11.8. The van der Waals surface area contributed by atoms with Crippen LogP contribution in [-0.2, 0) is 6.67 Å². The quantitative estimate of drug-likeness (QED) is 0.533. The van der Waals surface area contributed by atoms with Crippen molar-refractivity contribution in [3.05, 3.63) is 74.2 Å². The largest absolute Gasteiger partial charge is 0.431 e. The van der Waals surface area contributed by atoms with Gasteiger partial charge in [-0.05, 0) is 12.1 Å². The molecule has 0 unspecified atom stereocenters. The molecular formula is C15H14N4O2+2. The SMILES string of the molecule is c1coc(-n2cc[n+](C[n+]3ccn(-c4ccco4)c3)c2)c1. The molecule has 0 aliphatic heterocycles. The minimum Gasteiger partial charge on any atom is -0.431 e. The zero-order valence-electron chi connectivity index (χ0n) is 11.2. The van der Waals surface area contributed by atoms with Gasteiger partial charge in [0.25, 0.3) is 24.4 Å². The fourth-order valence-corrected chi connectivity index (χ4v) is 2.24. The number of aromatic nitrogens is 4. The van der Waals surface area contributed by atoms with Gasteiger partial charge in [0.1, 0.15) is 24.8 Å². The zero-order valence-corrected chi connectivity index (χ0v) is 11.2. The second kappa shape index (κ2) is 4.82. The highest BCUT2D eigenvalue weighted by molar-refractivity contribution is 5.16. The van der Waals surface area contributed by atoms with Crippen LogP contribution in [0.25, 0.3) is 11.8 Å². The molecule has 4 aromatic heterocycles. The molecule has 0 fully saturated rings. The van der Waals surface area contributed by atoms with E-state index in [1.54, 1.807) is 12.5 Å². The first-order chi connectivity index (χ1) is 10.4. The highest BCUT2D eigenvalue weighted by Gasteiger charge is 2.13. The first-order valence-corrected chi connectivity index (χ1v) is 6.60. The van der Waals surface area contributed by atoms with E-state index < -0.39 is 0 Å². The lowest BCUT2D eigenvalue weighted by atomic mass is 10.6. The van der Waals surface area contributed by atoms with Gasteiger partial charge in [0.15, 0.2) is 0 Å². The second-order valence-electron chi connectivity index (χ2n) is 4.71. The molecular weight excluding hydrogens is 268 g/mol. The summed E-state index contributed by atoms with van der Waals surface area (Å²) in [4.78, 5) is 0. The Morgan fingerprint density at radius 2 is 1.33 bits per heavy atom. The van der Waals surface area contributed by atoms with Crippen LogP contribution < -0.4 is 9.13 Å². The van der Waals surface area contributed by atoms with Crippen LogP contribution in [0, 0.1) is 0 Å². The zero-order chi connectivity index (χ0) is 14.1. The van der Waals surface area contributed by atoms with Crippen LogP contribution in [-0.4, -0.2) is 9.13 Å². The molecule has 6 nitrogen and oxygen atoms in total. The van der Waals surface area contributed by atoms with E-state index in [1.165, 1.54) is 0 Å². The fraction of sp³-hybridized carbons (Fsp3) is 0.0667. The highest BCUT2D eigenvalue weighted by Crippen LogP contribution is 2.06. The van der Waals surface area contributed by atoms with Crippen molar-refractivity contribution in [1.29, 1.82) is 0 Å². The lowest BCUT2D eigenvalue weighted by molar-refractivity contribution is -0.912. The maximum absolute atomic E-state index is 5.36. The summed E-state index contributed by atoms with van der Waals surface area (Å²) in [6.07, 6.45) is 15.2. The van der Waals surface area contributed by atoms with Gasteiger partial charge >= 0.3 is 0 Å². The van der Waals surface area contributed by atoms with Gasteiger partial charge in [-0.15, -0.1) is 0 Å². The number of furan rings is 2. The van der Waals surface area contributed by atoms with E-state index in [4.69, 9.17) is 8.83 Å². The van der Waals surface area contributed by atoms with Crippen molar-refractivity contribution < 1.29 is 18.0 Å². The second-order valence-corrected chi connectivity index (χ2v) is 4.71. The maximum Gasteiger partial charge on any atom is 0.293 e. The molecule has 4 rings (SSSR count). The highest BCUT2D eigenvalue weighted by atomic mass is 16.3. The first-order valence-electron chi connectivity index (χ1n) is 6.60. The van der Waals surface area contributed by atoms with Crippen molar-refractivity contribution in [2.24, 2.45) is 0 Å². The number of hydrogen-bond acceptors (Lipinski definition) is 2. The molecule has 0 aliphatic carbocycles. The monoisotopic (exact) mass is 282 g/mol. The van der Waals surface area contributed by atoms with Gasteiger partial charge in [0.2, 0.25) is 6.67 Å². The van der Waals surface area contributed by atoms with Crippen LogP contribution in [0.1, 0.15) is 0 Å². The van der Waals surface area contributed by atoms with Gasteiger partial charge < -0.3 is 8.83 Å². The third-order valence-electron chi connectivity index (χ3n) is 3.23. The third-order valence-corrected chi connectivity index (χ3v) is 3.23. The van der Waals surface area contributed by atoms with Crippen LogP contribution in [0.3, 0.4) is 0 Å². The maximum atomic E-state index is 5.36. The van der Waals surface area contributed by atoms with Gasteiger partial charge in [-0.3, -0.25) is 0 Å². The number of nitrogens with zero attached hydrogens (tertiary/aromatic N) is 4. The molecule has 104 valence electrons. The summed E-state index contributed by atoms with van der Waals surface area (Å²) in [5.41, 5.74) is 0. The molecule has 4 aromatic rings. The Balaban J connectivity index is 1.54. The number of imidazole rings is 2. The molecule has 0 N–H and O–H groups in total. The minimum atomic E-state index is 0.710. The van der Waals surface area contributed by atoms with Crippen LogP contribution in [0.4, 0.5) is 0 Å². The van der Waals surface area contributed by atoms with Crippen LogP contribution in [0.2, 0.25) is 0 Å². The Morgan fingerprint density at radius 3 is 1.76 bits per heavy atom. The average molecular weight is 282 g/mol. The normalized spacial score (nSPS) is 11.0. The van der Waals surface area contributed by atoms with Crippen LogP contribution >= 0.6 is 0 Å². The Kier molecular flexibility index (Phi) is 2.71. The molecule has 0 bridgehead atoms. The van der Waals surface area contributed by atoms with Crippen molar-refractivity contribution in [2.45, 2.75) is 6.67 Å². The molecule has 21 heavy (non-hydrogen) atoms. The van der Waals surface area contributed by atoms with E-state index in [-0.39, 0.29) is 0 Å². The van der Waals surface area contributed by atoms with E-state index in [1.807, 2.05) is 70.8 Å². The van der Waals surface area contributed by atoms with Crippen LogP contribution in [0.15, 0.2) is 83.1 Å². The molecule has 0 aromatic carbocycles. The molecule has 0 spiro atoms. The van der Waals surface area contributed by atoms with E-state index in [9.17, 15) is 0 Å². The van der Waals surface area contributed by atoms with Gasteiger partial charge in [-0.1, -0.05) is 0 Å². The van der Waals surface area contributed by atoms with Gasteiger partial charge in [-0.2, -0.15) is 18.3 Å². The van der Waals surface area contributed by atoms with Crippen molar-refractivity contribution in [3.63, 3.8) is 0 Å². The standard InChI is InChI=1S/C15H14N4O2/c1-3-14(20-9-1)18-7-5-16(12-18)11-17-6-8-19(13-17)15-4-2-10-21-15/h1-10,12-13H,11H2/q+2. The summed E-state index contributed by atoms with van der Waals surface area (Å²) in [5, 5.41) is 0. The molecule has 0 saturated carbocycles. The molecule has 0 amide bonds. The molecule has 4 heterocycles. The van der Waals surface area contributed by atoms with E-state index in [0.717, 1.165) is 11.8 Å². The summed E-state index contributed by atoms with van der Waals surface area (Å²) < 4.78 is 18.7. The Bertz CT molecular complexity index is 754. The summed E-state index contributed by atoms with van der Waals surface area (Å²) >= 11 is 0. The molecule has 0 saturated heterocycles. The molecule has 0 radical (unpaired) electrons. The lowest BCUT2D eigenvalue weighted by Crippen LogP contribution is -2.49. The third kappa shape index (κ3) is 2.27. The van der Waals surface area contributed by atoms with Gasteiger partial charge in [0, 0.05) is 12.1 Å². The topological polar surface area (TPSA) is 43.9 Å². The van der Waals surface area contributed by atoms with Gasteiger partial charge in [-0.25, -0.2) is 0 Å². The predicted molar refractivity (Wildman–Crippen MR) is 71.9 cm³/mol. The smallest absolute Gasteiger partial charge is 0.293 e. The Morgan fingerprint density at radius 1 is 0.810 bits per heavy atom. The molecule has 6 heteroatoms.